The normalized spacial score (nSPS) is 28.5. The largest absolute Gasteiger partial charge is 0.508 e. The molecule has 0 unspecified atom stereocenters. The van der Waals surface area contributed by atoms with E-state index in [1.165, 1.54) is 0 Å². The van der Waals surface area contributed by atoms with Gasteiger partial charge in [0.15, 0.2) is 0 Å². The number of benzene rings is 1. The molecule has 0 saturated heterocycles. The van der Waals surface area contributed by atoms with Crippen molar-refractivity contribution in [1.82, 2.24) is 5.31 Å². The maximum Gasteiger partial charge on any atom is 0.293 e. The molecule has 0 saturated carbocycles. The van der Waals surface area contributed by atoms with Crippen LogP contribution in [0.2, 0.25) is 1.41 Å². The fraction of sp³-hybridized carbons (Fsp3) is 0.333. The Morgan fingerprint density at radius 2 is 2.92 bits per heavy atom. The van der Waals surface area contributed by atoms with E-state index < -0.39 is 48.1 Å². The summed E-state index contributed by atoms with van der Waals surface area (Å²) in [5.74, 6) is -0.770. The number of hydrogen-bond donors (Lipinski definition) is 3. The third-order valence-corrected chi connectivity index (χ3v) is 1.04. The zero-order chi connectivity index (χ0) is 17.5. The summed E-state index contributed by atoms with van der Waals surface area (Å²) in [4.78, 5) is 0. The van der Waals surface area contributed by atoms with Crippen molar-refractivity contribution in [2.24, 2.45) is 0 Å². The van der Waals surface area contributed by atoms with Crippen LogP contribution in [0.25, 0.3) is 0 Å². The minimum Gasteiger partial charge on any atom is -0.508 e. The maximum atomic E-state index is 8.02. The van der Waals surface area contributed by atoms with E-state index >= 15 is 0 Å². The molecule has 0 spiro atoms. The number of aromatic hydroxyl groups is 1. The second kappa shape index (κ2) is 4.09. The number of rotatable bonds is 5. The minimum absolute atomic E-state index is 0.173. The van der Waals surface area contributed by atoms with Gasteiger partial charge in [0, 0.05) is 9.24 Å². The van der Waals surface area contributed by atoms with Crippen molar-refractivity contribution >= 4 is 0 Å². The number of phenols is 1. The molecule has 0 aliphatic rings. The van der Waals surface area contributed by atoms with Crippen molar-refractivity contribution in [3.05, 3.63) is 29.7 Å². The highest BCUT2D eigenvalue weighted by Gasteiger charge is 2.05. The molecule has 0 aromatic heterocycles. The van der Waals surface area contributed by atoms with Crippen molar-refractivity contribution in [2.75, 3.05) is 13.5 Å². The average molecular weight is 177 g/mol. The van der Waals surface area contributed by atoms with Gasteiger partial charge in [0.05, 0.1) is 12.9 Å². The molecule has 0 bridgehead atoms. The molecule has 66 valence electrons. The monoisotopic (exact) mass is 177 g/mol. The van der Waals surface area contributed by atoms with Crippen LogP contribution in [0.15, 0.2) is 24.2 Å². The highest BCUT2D eigenvalue weighted by molar-refractivity contribution is 5.28. The Bertz CT molecular complexity index is 580. The summed E-state index contributed by atoms with van der Waals surface area (Å²) in [6.07, 6.45) is -3.05. The van der Waals surface area contributed by atoms with Crippen molar-refractivity contribution in [1.29, 1.82) is 2.86 Å². The predicted molar refractivity (Wildman–Crippen MR) is 47.0 cm³/mol. The van der Waals surface area contributed by atoms with E-state index in [0.717, 1.165) is 7.05 Å². The van der Waals surface area contributed by atoms with Gasteiger partial charge in [0.2, 0.25) is 1.43 Å². The van der Waals surface area contributed by atoms with E-state index in [2.05, 4.69) is 10.2 Å². The van der Waals surface area contributed by atoms with Gasteiger partial charge in [-0.3, -0.25) is 0 Å². The lowest BCUT2D eigenvalue weighted by Crippen LogP contribution is -2.16. The van der Waals surface area contributed by atoms with Crippen LogP contribution in [0.3, 0.4) is 0 Å². The molecule has 0 aliphatic heterocycles. The standard InChI is InChI=1S/C9H13NO2/c1-10-6-9(12)7-3-2-4-8(11)5-7/h2-5,9-12H,6H2,1H3/t9-/m0/s1/i2D,3D,4D,5D,6D2,9D,12D/hD2. The SMILES string of the molecule is [2H]Oc1c([2H])c([2H])c([2H])c([C@@]([2H])(O[2H])C([2H])([2H])N([2H])C)c1[2H]. The van der Waals surface area contributed by atoms with Gasteiger partial charge in [-0.25, -0.2) is 0 Å². The lowest BCUT2D eigenvalue weighted by Gasteiger charge is -2.09. The first-order valence-electron chi connectivity index (χ1n) is 7.84. The topological polar surface area (TPSA) is 52.5 Å². The number of aliphatic hydroxyl groups is 1. The van der Waals surface area contributed by atoms with Gasteiger partial charge in [0.25, 0.3) is 1.43 Å². The minimum atomic E-state index is -3.05. The van der Waals surface area contributed by atoms with Gasteiger partial charge < -0.3 is 15.5 Å². The van der Waals surface area contributed by atoms with Crippen molar-refractivity contribution in [2.45, 2.75) is 6.08 Å². The van der Waals surface area contributed by atoms with Crippen LogP contribution in [0.1, 0.15) is 21.2 Å². The van der Waals surface area contributed by atoms with E-state index in [1.807, 2.05) is 0 Å². The Hall–Kier alpha value is -1.06. The average Bonchev–Trinajstić information content (AvgIpc) is 2.45. The van der Waals surface area contributed by atoms with E-state index in [1.54, 1.807) is 0 Å². The first kappa shape index (κ1) is 2.47. The zero-order valence-corrected chi connectivity index (χ0v) is 6.26. The van der Waals surface area contributed by atoms with Gasteiger partial charge in [-0.1, -0.05) is 12.1 Å². The smallest absolute Gasteiger partial charge is 0.293 e. The highest BCUT2D eigenvalue weighted by atomic mass is 16.3. The Morgan fingerprint density at radius 3 is 3.58 bits per heavy atom. The van der Waals surface area contributed by atoms with Crippen LogP contribution < -0.4 is 5.31 Å². The van der Waals surface area contributed by atoms with E-state index in [9.17, 15) is 0 Å². The molecule has 3 N–H and O–H groups in total. The molecule has 1 aromatic carbocycles. The molecule has 1 rings (SSSR count). The summed E-state index contributed by atoms with van der Waals surface area (Å²) in [6, 6.07) is -3.34. The fourth-order valence-electron chi connectivity index (χ4n) is 0.598. The third-order valence-electron chi connectivity index (χ3n) is 1.04. The summed E-state index contributed by atoms with van der Waals surface area (Å²) in [5, 5.41) is 8.31. The number of likely N-dealkylation sites (N-methyl/N-ethyl adjacent to an activating group) is 1. The van der Waals surface area contributed by atoms with Crippen LogP contribution in [-0.2, 0) is 0 Å². The van der Waals surface area contributed by atoms with Crippen LogP contribution >= 0.6 is 0 Å². The van der Waals surface area contributed by atoms with Gasteiger partial charge in [-0.05, 0) is 24.7 Å². The molecule has 3 nitrogen and oxygen atoms in total. The molecule has 0 amide bonds. The van der Waals surface area contributed by atoms with Crippen molar-refractivity contribution in [3.8, 4) is 5.75 Å². The molecule has 0 heterocycles. The predicted octanol–water partition coefficient (Wildman–Crippen LogP) is 0.645. The molecule has 3 heteroatoms. The summed E-state index contributed by atoms with van der Waals surface area (Å²) in [6.45, 7) is -2.98. The summed E-state index contributed by atoms with van der Waals surface area (Å²) in [7, 11) is 0.942. The van der Waals surface area contributed by atoms with E-state index in [4.69, 9.17) is 13.9 Å². The van der Waals surface area contributed by atoms with Gasteiger partial charge in [0.1, 0.15) is 7.16 Å². The molecule has 1 aromatic rings. The lowest BCUT2D eigenvalue weighted by molar-refractivity contribution is 0.177. The molecular weight excluding hydrogens is 154 g/mol. The van der Waals surface area contributed by atoms with Crippen molar-refractivity contribution in [3.63, 3.8) is 0 Å². The molecule has 0 radical (unpaired) electrons. The van der Waals surface area contributed by atoms with Gasteiger partial charge in [-0.2, -0.15) is 0 Å². The van der Waals surface area contributed by atoms with Gasteiger partial charge in [-0.15, -0.1) is 0 Å². The molecular formula is C9H13NO2. The number of phenolic OH excluding ortho intramolecular Hbond substituents is 1. The first-order chi connectivity index (χ1) is 9.97. The highest BCUT2D eigenvalue weighted by Crippen LogP contribution is 2.17. The summed E-state index contributed by atoms with van der Waals surface area (Å²) < 4.78 is 75.3. The Kier molecular flexibility index (Phi) is 0.840. The molecule has 0 aliphatic carbocycles. The van der Waals surface area contributed by atoms with Crippen LogP contribution in [-0.4, -0.2) is 26.6 Å². The van der Waals surface area contributed by atoms with Crippen LogP contribution in [0.4, 0.5) is 0 Å². The second-order valence-electron chi connectivity index (χ2n) is 1.87. The Balaban J connectivity index is 3.84. The van der Waals surface area contributed by atoms with E-state index in [-0.39, 0.29) is 5.31 Å². The van der Waals surface area contributed by atoms with Gasteiger partial charge >= 0.3 is 0 Å². The molecule has 1 atom stereocenters. The summed E-state index contributed by atoms with van der Waals surface area (Å²) in [5.41, 5.74) is -0.880. The van der Waals surface area contributed by atoms with Crippen LogP contribution in [0.5, 0.6) is 5.75 Å². The molecule has 0 fully saturated rings. The summed E-state index contributed by atoms with van der Waals surface area (Å²) >= 11 is 0. The fourth-order valence-corrected chi connectivity index (χ4v) is 0.598. The quantitative estimate of drug-likeness (QED) is 0.619. The lowest BCUT2D eigenvalue weighted by atomic mass is 10.1. The third kappa shape index (κ3) is 2.22. The second-order valence-corrected chi connectivity index (χ2v) is 1.87. The Morgan fingerprint density at radius 1 is 2.00 bits per heavy atom. The maximum absolute atomic E-state index is 8.02. The first-order valence-corrected chi connectivity index (χ1v) is 3.08. The Labute approximate surface area is 85.9 Å². The number of nitrogens with one attached hydrogen (secondary N) is 1. The van der Waals surface area contributed by atoms with E-state index in [0.29, 0.717) is 0 Å². The van der Waals surface area contributed by atoms with Crippen molar-refractivity contribution < 1.29 is 21.2 Å². The molecule has 12 heavy (non-hydrogen) atoms. The zero-order valence-electron chi connectivity index (χ0n) is 16.3. The number of hydrogen-bond acceptors (Lipinski definition) is 3. The van der Waals surface area contributed by atoms with Crippen LogP contribution in [0, 0.1) is 0 Å².